The van der Waals surface area contributed by atoms with Crippen molar-refractivity contribution >= 4 is 11.9 Å². The van der Waals surface area contributed by atoms with E-state index in [-0.39, 0.29) is 23.5 Å². The molecule has 0 bridgehead atoms. The molecule has 6 heteroatoms. The summed E-state index contributed by atoms with van der Waals surface area (Å²) >= 11 is 0. The lowest BCUT2D eigenvalue weighted by atomic mass is 9.98. The number of aliphatic hydroxyl groups excluding tert-OH is 1. The Kier molecular flexibility index (Phi) is 8.80. The lowest BCUT2D eigenvalue weighted by Gasteiger charge is -2.11. The van der Waals surface area contributed by atoms with E-state index in [0.717, 1.165) is 0 Å². The zero-order valence-corrected chi connectivity index (χ0v) is 12.8. The molecule has 0 fully saturated rings. The summed E-state index contributed by atoms with van der Waals surface area (Å²) in [4.78, 5) is 23.1. The van der Waals surface area contributed by atoms with Gasteiger partial charge in [-0.3, -0.25) is 0 Å². The van der Waals surface area contributed by atoms with Gasteiger partial charge in [0.15, 0.2) is 0 Å². The van der Waals surface area contributed by atoms with Gasteiger partial charge in [0.1, 0.15) is 5.75 Å². The SMILES string of the molecule is CC.COC(=O)c1cc(O)c(CCCO)c(C(=O)OC)c1. The van der Waals surface area contributed by atoms with Crippen molar-refractivity contribution in [1.29, 1.82) is 0 Å². The fourth-order valence-electron chi connectivity index (χ4n) is 1.70. The monoisotopic (exact) mass is 298 g/mol. The van der Waals surface area contributed by atoms with Gasteiger partial charge >= 0.3 is 11.9 Å². The predicted octanol–water partition coefficient (Wildman–Crippen LogP) is 1.92. The third kappa shape index (κ3) is 5.07. The molecule has 1 rings (SSSR count). The van der Waals surface area contributed by atoms with Crippen LogP contribution in [0.3, 0.4) is 0 Å². The minimum atomic E-state index is -0.658. The van der Waals surface area contributed by atoms with Crippen LogP contribution in [0.2, 0.25) is 0 Å². The normalized spacial score (nSPS) is 9.38. The Balaban J connectivity index is 0.00000191. The fraction of sp³-hybridized carbons (Fsp3) is 0.467. The summed E-state index contributed by atoms with van der Waals surface area (Å²) < 4.78 is 9.15. The maximum Gasteiger partial charge on any atom is 0.338 e. The van der Waals surface area contributed by atoms with Gasteiger partial charge in [-0.1, -0.05) is 13.8 Å². The first-order chi connectivity index (χ1) is 10.0. The van der Waals surface area contributed by atoms with E-state index in [9.17, 15) is 14.7 Å². The van der Waals surface area contributed by atoms with Crippen molar-refractivity contribution < 1.29 is 29.3 Å². The summed E-state index contributed by atoms with van der Waals surface area (Å²) in [6.45, 7) is 3.93. The molecular weight excluding hydrogens is 276 g/mol. The van der Waals surface area contributed by atoms with E-state index < -0.39 is 11.9 Å². The molecule has 0 saturated heterocycles. The van der Waals surface area contributed by atoms with Crippen LogP contribution < -0.4 is 0 Å². The minimum absolute atomic E-state index is 0.0631. The molecule has 0 heterocycles. The van der Waals surface area contributed by atoms with Crippen LogP contribution in [0.4, 0.5) is 0 Å². The van der Waals surface area contributed by atoms with Crippen molar-refractivity contribution in [1.82, 2.24) is 0 Å². The highest BCUT2D eigenvalue weighted by molar-refractivity contribution is 5.97. The van der Waals surface area contributed by atoms with E-state index in [4.69, 9.17) is 5.11 Å². The summed E-state index contributed by atoms with van der Waals surface area (Å²) in [6.07, 6.45) is 0.684. The summed E-state index contributed by atoms with van der Waals surface area (Å²) in [7, 11) is 2.41. The van der Waals surface area contributed by atoms with E-state index in [1.807, 2.05) is 13.8 Å². The zero-order valence-electron chi connectivity index (χ0n) is 12.8. The minimum Gasteiger partial charge on any atom is -0.508 e. The summed E-state index contributed by atoms with van der Waals surface area (Å²) in [5, 5.41) is 18.7. The van der Waals surface area contributed by atoms with Gasteiger partial charge < -0.3 is 19.7 Å². The molecule has 1 aromatic rings. The molecule has 0 radical (unpaired) electrons. The van der Waals surface area contributed by atoms with Crippen molar-refractivity contribution in [2.75, 3.05) is 20.8 Å². The number of aliphatic hydroxyl groups is 1. The summed E-state index contributed by atoms with van der Waals surface area (Å²) in [6, 6.07) is 2.54. The highest BCUT2D eigenvalue weighted by Gasteiger charge is 2.19. The van der Waals surface area contributed by atoms with Gasteiger partial charge in [-0.05, 0) is 25.0 Å². The number of hydrogen-bond acceptors (Lipinski definition) is 6. The molecule has 0 aliphatic heterocycles. The smallest absolute Gasteiger partial charge is 0.338 e. The van der Waals surface area contributed by atoms with Gasteiger partial charge in [0.05, 0.1) is 25.3 Å². The maximum atomic E-state index is 11.7. The molecule has 118 valence electrons. The second-order valence-corrected chi connectivity index (χ2v) is 3.83. The largest absolute Gasteiger partial charge is 0.508 e. The number of methoxy groups -OCH3 is 2. The number of carbonyl (C=O) groups excluding carboxylic acids is 2. The number of carbonyl (C=O) groups is 2. The number of phenolic OH excluding ortho intramolecular Hbond substituents is 1. The standard InChI is InChI=1S/C13H16O6.C2H6/c1-18-12(16)8-6-10(13(17)19-2)9(4-3-5-14)11(15)7-8;1-2/h6-7,14-15H,3-5H2,1-2H3;1-2H3. The molecule has 0 atom stereocenters. The Hall–Kier alpha value is -2.08. The Morgan fingerprint density at radius 3 is 2.14 bits per heavy atom. The number of aromatic hydroxyl groups is 1. The predicted molar refractivity (Wildman–Crippen MR) is 77.5 cm³/mol. The van der Waals surface area contributed by atoms with Crippen molar-refractivity contribution in [2.45, 2.75) is 26.7 Å². The van der Waals surface area contributed by atoms with E-state index in [0.29, 0.717) is 18.4 Å². The highest BCUT2D eigenvalue weighted by atomic mass is 16.5. The molecule has 1 aromatic carbocycles. The fourth-order valence-corrected chi connectivity index (χ4v) is 1.70. The maximum absolute atomic E-state index is 11.7. The van der Waals surface area contributed by atoms with Crippen LogP contribution in [0, 0.1) is 0 Å². The quantitative estimate of drug-likeness (QED) is 0.807. The number of benzene rings is 1. The van der Waals surface area contributed by atoms with E-state index in [1.165, 1.54) is 26.4 Å². The molecule has 0 saturated carbocycles. The van der Waals surface area contributed by atoms with Crippen LogP contribution in [-0.4, -0.2) is 43.0 Å². The van der Waals surface area contributed by atoms with Gasteiger partial charge in [0.2, 0.25) is 0 Å². The Bertz CT molecular complexity index is 481. The van der Waals surface area contributed by atoms with E-state index in [2.05, 4.69) is 9.47 Å². The lowest BCUT2D eigenvalue weighted by Crippen LogP contribution is -2.10. The summed E-state index contributed by atoms with van der Waals surface area (Å²) in [5.41, 5.74) is 0.498. The van der Waals surface area contributed by atoms with Gasteiger partial charge in [-0.25, -0.2) is 9.59 Å². The average molecular weight is 298 g/mol. The van der Waals surface area contributed by atoms with Gasteiger partial charge in [-0.2, -0.15) is 0 Å². The molecule has 0 spiro atoms. The molecular formula is C15H22O6. The lowest BCUT2D eigenvalue weighted by molar-refractivity contribution is 0.0597. The number of hydrogen-bond donors (Lipinski definition) is 2. The van der Waals surface area contributed by atoms with E-state index >= 15 is 0 Å². The number of phenols is 1. The van der Waals surface area contributed by atoms with Gasteiger partial charge in [0.25, 0.3) is 0 Å². The van der Waals surface area contributed by atoms with Gasteiger partial charge in [-0.15, -0.1) is 0 Å². The first kappa shape index (κ1) is 18.9. The molecule has 6 nitrogen and oxygen atoms in total. The number of rotatable bonds is 5. The van der Waals surface area contributed by atoms with Crippen LogP contribution >= 0.6 is 0 Å². The van der Waals surface area contributed by atoms with Crippen LogP contribution in [0.5, 0.6) is 5.75 Å². The Morgan fingerprint density at radius 2 is 1.67 bits per heavy atom. The average Bonchev–Trinajstić information content (AvgIpc) is 2.53. The second-order valence-electron chi connectivity index (χ2n) is 3.83. The Morgan fingerprint density at radius 1 is 1.10 bits per heavy atom. The zero-order chi connectivity index (χ0) is 16.4. The van der Waals surface area contributed by atoms with Crippen LogP contribution in [0.15, 0.2) is 12.1 Å². The third-order valence-corrected chi connectivity index (χ3v) is 2.64. The molecule has 21 heavy (non-hydrogen) atoms. The van der Waals surface area contributed by atoms with Crippen molar-refractivity contribution in [2.24, 2.45) is 0 Å². The molecule has 0 amide bonds. The van der Waals surface area contributed by atoms with Crippen molar-refractivity contribution in [3.8, 4) is 5.75 Å². The second kappa shape index (κ2) is 9.77. The van der Waals surface area contributed by atoms with Crippen molar-refractivity contribution in [3.05, 3.63) is 28.8 Å². The molecule has 0 aliphatic rings. The van der Waals surface area contributed by atoms with Crippen LogP contribution in [0.1, 0.15) is 46.5 Å². The molecule has 0 aromatic heterocycles. The number of ether oxygens (including phenoxy) is 2. The molecule has 0 aliphatic carbocycles. The van der Waals surface area contributed by atoms with Crippen LogP contribution in [0.25, 0.3) is 0 Å². The first-order valence-electron chi connectivity index (χ1n) is 6.68. The topological polar surface area (TPSA) is 93.1 Å². The molecule has 0 unspecified atom stereocenters. The third-order valence-electron chi connectivity index (χ3n) is 2.64. The van der Waals surface area contributed by atoms with Crippen molar-refractivity contribution in [3.63, 3.8) is 0 Å². The number of esters is 2. The van der Waals surface area contributed by atoms with E-state index in [1.54, 1.807) is 0 Å². The first-order valence-corrected chi connectivity index (χ1v) is 6.68. The van der Waals surface area contributed by atoms with Gasteiger partial charge in [0, 0.05) is 12.2 Å². The molecule has 2 N–H and O–H groups in total. The Labute approximate surface area is 124 Å². The van der Waals surface area contributed by atoms with Crippen LogP contribution in [-0.2, 0) is 15.9 Å². The highest BCUT2D eigenvalue weighted by Crippen LogP contribution is 2.26. The summed E-state index contributed by atoms with van der Waals surface area (Å²) in [5.74, 6) is -1.51.